The van der Waals surface area contributed by atoms with E-state index in [9.17, 15) is 14.4 Å². The van der Waals surface area contributed by atoms with E-state index in [4.69, 9.17) is 21.1 Å². The Balaban J connectivity index is 1.46. The summed E-state index contributed by atoms with van der Waals surface area (Å²) in [5.41, 5.74) is 0.866. The largest absolute Gasteiger partial charge is 0.493 e. The van der Waals surface area contributed by atoms with E-state index in [1.165, 1.54) is 19.2 Å². The molecule has 160 valence electrons. The van der Waals surface area contributed by atoms with Crippen LogP contribution >= 0.6 is 11.6 Å². The lowest BCUT2D eigenvalue weighted by molar-refractivity contribution is -0.123. The minimum atomic E-state index is -0.989. The average molecular weight is 444 g/mol. The average Bonchev–Trinajstić information content (AvgIpc) is 3.28. The van der Waals surface area contributed by atoms with Crippen molar-refractivity contribution in [2.24, 2.45) is 10.3 Å². The van der Waals surface area contributed by atoms with Crippen LogP contribution in [0.2, 0.25) is 5.02 Å². The molecular formula is C20H18ClN5O5. The fraction of sp³-hybridized carbons (Fsp3) is 0.250. The summed E-state index contributed by atoms with van der Waals surface area (Å²) in [7, 11) is 3.00. The highest BCUT2D eigenvalue weighted by Gasteiger charge is 2.55. The quantitative estimate of drug-likeness (QED) is 0.685. The van der Waals surface area contributed by atoms with Crippen molar-refractivity contribution in [1.82, 2.24) is 5.01 Å². The van der Waals surface area contributed by atoms with Gasteiger partial charge in [0.2, 0.25) is 5.91 Å². The van der Waals surface area contributed by atoms with E-state index in [-0.39, 0.29) is 6.54 Å². The van der Waals surface area contributed by atoms with Crippen molar-refractivity contribution >= 4 is 40.7 Å². The molecule has 0 aliphatic carbocycles. The summed E-state index contributed by atoms with van der Waals surface area (Å²) >= 11 is 5.88. The van der Waals surface area contributed by atoms with Crippen LogP contribution in [0.4, 0.5) is 11.4 Å². The number of anilines is 2. The standard InChI is InChI=1S/C20H18ClN5O5/c1-30-14-8-5-12(9-15(14)31-2)22-16(27)10-25-18-17(23-24-25)19(28)26(20(18)29)13-6-3-11(21)4-7-13/h3-9,17-18H,10H2,1-2H3,(H,22,27)/t17-,18-/m1/s1. The summed E-state index contributed by atoms with van der Waals surface area (Å²) in [6, 6.07) is 9.27. The van der Waals surface area contributed by atoms with Crippen molar-refractivity contribution in [3.63, 3.8) is 0 Å². The number of nitrogens with zero attached hydrogens (tertiary/aromatic N) is 4. The van der Waals surface area contributed by atoms with Crippen molar-refractivity contribution in [1.29, 1.82) is 0 Å². The molecule has 2 heterocycles. The normalized spacial score (nSPS) is 19.6. The van der Waals surface area contributed by atoms with Gasteiger partial charge in [-0.1, -0.05) is 16.8 Å². The number of amides is 3. The van der Waals surface area contributed by atoms with E-state index in [0.29, 0.717) is 27.9 Å². The summed E-state index contributed by atoms with van der Waals surface area (Å²) in [5, 5.41) is 12.2. The maximum atomic E-state index is 12.9. The van der Waals surface area contributed by atoms with E-state index in [0.717, 1.165) is 4.90 Å². The molecule has 2 aliphatic rings. The predicted octanol–water partition coefficient (Wildman–Crippen LogP) is 2.29. The number of carbonyl (C=O) groups excluding carboxylic acids is 3. The number of hydrogen-bond donors (Lipinski definition) is 1. The van der Waals surface area contributed by atoms with Crippen LogP contribution in [0.1, 0.15) is 0 Å². The minimum Gasteiger partial charge on any atom is -0.493 e. The molecule has 31 heavy (non-hydrogen) atoms. The van der Waals surface area contributed by atoms with E-state index >= 15 is 0 Å². The lowest BCUT2D eigenvalue weighted by Crippen LogP contribution is -2.43. The van der Waals surface area contributed by atoms with Gasteiger partial charge in [0.1, 0.15) is 6.54 Å². The minimum absolute atomic E-state index is 0.257. The molecule has 4 rings (SSSR count). The van der Waals surface area contributed by atoms with Crippen molar-refractivity contribution in [2.75, 3.05) is 31.0 Å². The maximum Gasteiger partial charge on any atom is 0.263 e. The highest BCUT2D eigenvalue weighted by Crippen LogP contribution is 2.33. The first kappa shape index (κ1) is 20.6. The van der Waals surface area contributed by atoms with Crippen LogP contribution < -0.4 is 19.7 Å². The number of carbonyl (C=O) groups is 3. The Morgan fingerprint density at radius 3 is 2.45 bits per heavy atom. The van der Waals surface area contributed by atoms with Gasteiger partial charge in [-0.25, -0.2) is 4.90 Å². The first-order valence-corrected chi connectivity index (χ1v) is 9.63. The molecule has 11 heteroatoms. The van der Waals surface area contributed by atoms with E-state index in [2.05, 4.69) is 15.7 Å². The zero-order chi connectivity index (χ0) is 22.1. The number of fused-ring (bicyclic) bond motifs is 1. The maximum absolute atomic E-state index is 12.9. The van der Waals surface area contributed by atoms with Crippen LogP contribution in [0.5, 0.6) is 11.5 Å². The summed E-state index contributed by atoms with van der Waals surface area (Å²) in [6.07, 6.45) is 0. The van der Waals surface area contributed by atoms with Crippen LogP contribution in [0.25, 0.3) is 0 Å². The summed E-state index contributed by atoms with van der Waals surface area (Å²) < 4.78 is 10.4. The zero-order valence-corrected chi connectivity index (χ0v) is 17.4. The van der Waals surface area contributed by atoms with Crippen molar-refractivity contribution in [3.8, 4) is 11.5 Å². The van der Waals surface area contributed by atoms with Gasteiger partial charge in [0, 0.05) is 16.8 Å². The van der Waals surface area contributed by atoms with Gasteiger partial charge in [0.05, 0.1) is 19.9 Å². The van der Waals surface area contributed by atoms with Gasteiger partial charge < -0.3 is 14.8 Å². The third-order valence-corrected chi connectivity index (χ3v) is 5.17. The van der Waals surface area contributed by atoms with Crippen LogP contribution in [-0.4, -0.2) is 55.6 Å². The number of nitrogens with one attached hydrogen (secondary N) is 1. The molecular weight excluding hydrogens is 426 g/mol. The van der Waals surface area contributed by atoms with Gasteiger partial charge in [-0.2, -0.15) is 5.11 Å². The van der Waals surface area contributed by atoms with Crippen molar-refractivity contribution in [2.45, 2.75) is 12.1 Å². The molecule has 1 saturated heterocycles. The fourth-order valence-corrected chi connectivity index (χ4v) is 3.59. The number of ether oxygens (including phenoxy) is 2. The Hall–Kier alpha value is -3.66. The van der Waals surface area contributed by atoms with Crippen LogP contribution in [0, 0.1) is 0 Å². The second-order valence-corrected chi connectivity index (χ2v) is 7.23. The molecule has 10 nitrogen and oxygen atoms in total. The summed E-state index contributed by atoms with van der Waals surface area (Å²) in [6.45, 7) is -0.257. The number of halogens is 1. The molecule has 2 aliphatic heterocycles. The molecule has 0 bridgehead atoms. The first-order chi connectivity index (χ1) is 14.9. The van der Waals surface area contributed by atoms with E-state index in [1.807, 2.05) is 0 Å². The van der Waals surface area contributed by atoms with Gasteiger partial charge in [-0.3, -0.25) is 19.4 Å². The third-order valence-electron chi connectivity index (χ3n) is 4.92. The first-order valence-electron chi connectivity index (χ1n) is 9.25. The second kappa shape index (κ2) is 8.23. The van der Waals surface area contributed by atoms with Crippen LogP contribution in [0.15, 0.2) is 52.8 Å². The van der Waals surface area contributed by atoms with Gasteiger partial charge >= 0.3 is 0 Å². The lowest BCUT2D eigenvalue weighted by atomic mass is 10.1. The van der Waals surface area contributed by atoms with E-state index < -0.39 is 29.8 Å². The highest BCUT2D eigenvalue weighted by atomic mass is 35.5. The molecule has 3 amide bonds. The molecule has 0 spiro atoms. The predicted molar refractivity (Wildman–Crippen MR) is 111 cm³/mol. The lowest BCUT2D eigenvalue weighted by Gasteiger charge is -2.20. The summed E-state index contributed by atoms with van der Waals surface area (Å²) in [4.78, 5) is 39.2. The van der Waals surface area contributed by atoms with Crippen molar-refractivity contribution in [3.05, 3.63) is 47.5 Å². The Labute approximate surface area is 182 Å². The number of benzene rings is 2. The number of hydrogen-bond acceptors (Lipinski definition) is 8. The molecule has 0 saturated carbocycles. The fourth-order valence-electron chi connectivity index (χ4n) is 3.46. The second-order valence-electron chi connectivity index (χ2n) is 6.80. The third kappa shape index (κ3) is 3.77. The topological polar surface area (TPSA) is 113 Å². The van der Waals surface area contributed by atoms with E-state index in [1.54, 1.807) is 42.5 Å². The molecule has 0 aromatic heterocycles. The molecule has 2 aromatic rings. The molecule has 2 aromatic carbocycles. The Bertz CT molecular complexity index is 1070. The number of methoxy groups -OCH3 is 2. The molecule has 0 unspecified atom stereocenters. The molecule has 1 N–H and O–H groups in total. The monoisotopic (exact) mass is 443 g/mol. The molecule has 2 atom stereocenters. The molecule has 1 fully saturated rings. The smallest absolute Gasteiger partial charge is 0.263 e. The Morgan fingerprint density at radius 2 is 1.77 bits per heavy atom. The Morgan fingerprint density at radius 1 is 1.06 bits per heavy atom. The Kier molecular flexibility index (Phi) is 5.47. The van der Waals surface area contributed by atoms with Gasteiger partial charge in [-0.05, 0) is 36.4 Å². The van der Waals surface area contributed by atoms with Gasteiger partial charge in [-0.15, -0.1) is 0 Å². The van der Waals surface area contributed by atoms with Gasteiger partial charge in [0.15, 0.2) is 23.6 Å². The molecule has 0 radical (unpaired) electrons. The number of rotatable bonds is 6. The van der Waals surface area contributed by atoms with Crippen LogP contribution in [-0.2, 0) is 14.4 Å². The SMILES string of the molecule is COc1ccc(NC(=O)CN2N=N[C@H]3C(=O)N(c4ccc(Cl)cc4)C(=O)[C@@H]32)cc1OC. The van der Waals surface area contributed by atoms with Crippen LogP contribution in [0.3, 0.4) is 0 Å². The highest BCUT2D eigenvalue weighted by molar-refractivity contribution is 6.31. The van der Waals surface area contributed by atoms with Gasteiger partial charge in [0.25, 0.3) is 11.8 Å². The summed E-state index contributed by atoms with van der Waals surface area (Å²) in [5.74, 6) is -0.451. The van der Waals surface area contributed by atoms with Crippen molar-refractivity contribution < 1.29 is 23.9 Å². The number of imide groups is 1. The zero-order valence-electron chi connectivity index (χ0n) is 16.6.